The van der Waals surface area contributed by atoms with Crippen LogP contribution < -0.4 is 5.32 Å². The van der Waals surface area contributed by atoms with Crippen LogP contribution in [-0.4, -0.2) is 33.8 Å². The van der Waals surface area contributed by atoms with Crippen molar-refractivity contribution in [3.05, 3.63) is 58.0 Å². The minimum atomic E-state index is -0.420. The number of aryl methyl sites for hydroxylation is 1. The number of fused-ring (bicyclic) bond motifs is 2. The second-order valence-electron chi connectivity index (χ2n) is 6.64. The molecule has 1 N–H and O–H groups in total. The Hall–Kier alpha value is -2.93. The Bertz CT molecular complexity index is 1080. The molecule has 1 aliphatic rings. The molecule has 0 aliphatic carbocycles. The van der Waals surface area contributed by atoms with Gasteiger partial charge in [0.2, 0.25) is 0 Å². The molecule has 3 heterocycles. The zero-order valence-corrected chi connectivity index (χ0v) is 16.1. The van der Waals surface area contributed by atoms with Gasteiger partial charge in [0.25, 0.3) is 5.91 Å². The maximum absolute atomic E-state index is 12.8. The van der Waals surface area contributed by atoms with Gasteiger partial charge < -0.3 is 10.1 Å². The molecule has 8 heteroatoms. The Labute approximate surface area is 166 Å². The number of methoxy groups -OCH3 is 1. The summed E-state index contributed by atoms with van der Waals surface area (Å²) in [6.45, 7) is 0.906. The second-order valence-corrected chi connectivity index (χ2v) is 7.08. The monoisotopic (exact) mass is 398 g/mol. The molecule has 28 heavy (non-hydrogen) atoms. The number of nitrogens with one attached hydrogen (secondary N) is 1. The molecule has 0 unspecified atom stereocenters. The van der Waals surface area contributed by atoms with E-state index in [9.17, 15) is 9.59 Å². The molecule has 144 valence electrons. The lowest BCUT2D eigenvalue weighted by Gasteiger charge is -2.13. The van der Waals surface area contributed by atoms with Crippen LogP contribution in [0, 0.1) is 0 Å². The average Bonchev–Trinajstić information content (AvgIpc) is 3.09. The lowest BCUT2D eigenvalue weighted by molar-refractivity contribution is 0.0597. The SMILES string of the molecule is COC(=O)c1c(CNC(=O)c2ccnc3cc(Cl)ccc23)nn2c1CCCC2. The number of ether oxygens (including phenoxy) is 1. The van der Waals surface area contributed by atoms with Crippen molar-refractivity contribution in [1.29, 1.82) is 0 Å². The highest BCUT2D eigenvalue weighted by atomic mass is 35.5. The van der Waals surface area contributed by atoms with Crippen molar-refractivity contribution in [2.45, 2.75) is 32.4 Å². The minimum Gasteiger partial charge on any atom is -0.465 e. The molecular weight excluding hydrogens is 380 g/mol. The topological polar surface area (TPSA) is 86.1 Å². The summed E-state index contributed by atoms with van der Waals surface area (Å²) in [5.41, 5.74) is 3.01. The highest BCUT2D eigenvalue weighted by Gasteiger charge is 2.26. The van der Waals surface area contributed by atoms with Crippen LogP contribution in [0.1, 0.15) is 44.9 Å². The first-order valence-corrected chi connectivity index (χ1v) is 9.45. The summed E-state index contributed by atoms with van der Waals surface area (Å²) in [7, 11) is 1.35. The van der Waals surface area contributed by atoms with E-state index >= 15 is 0 Å². The van der Waals surface area contributed by atoms with Crippen molar-refractivity contribution >= 4 is 34.4 Å². The van der Waals surface area contributed by atoms with E-state index in [0.29, 0.717) is 32.7 Å². The fourth-order valence-corrected chi connectivity index (χ4v) is 3.75. The van der Waals surface area contributed by atoms with Crippen molar-refractivity contribution in [3.63, 3.8) is 0 Å². The molecule has 2 aromatic heterocycles. The molecule has 0 saturated heterocycles. The van der Waals surface area contributed by atoms with Crippen LogP contribution in [0.25, 0.3) is 10.9 Å². The quantitative estimate of drug-likeness (QED) is 0.682. The maximum Gasteiger partial charge on any atom is 0.341 e. The van der Waals surface area contributed by atoms with E-state index in [-0.39, 0.29) is 12.5 Å². The van der Waals surface area contributed by atoms with Crippen LogP contribution >= 0.6 is 11.6 Å². The Morgan fingerprint density at radius 1 is 1.29 bits per heavy atom. The van der Waals surface area contributed by atoms with Gasteiger partial charge in [0.05, 0.1) is 36.1 Å². The Balaban J connectivity index is 1.61. The molecule has 0 fully saturated rings. The number of pyridine rings is 1. The van der Waals surface area contributed by atoms with Gasteiger partial charge in [-0.15, -0.1) is 0 Å². The van der Waals surface area contributed by atoms with Gasteiger partial charge >= 0.3 is 5.97 Å². The number of amides is 1. The summed E-state index contributed by atoms with van der Waals surface area (Å²) in [5, 5.41) is 8.67. The van der Waals surface area contributed by atoms with Crippen molar-refractivity contribution < 1.29 is 14.3 Å². The lowest BCUT2D eigenvalue weighted by Crippen LogP contribution is -2.24. The van der Waals surface area contributed by atoms with Gasteiger partial charge in [-0.2, -0.15) is 5.10 Å². The lowest BCUT2D eigenvalue weighted by atomic mass is 10.0. The molecule has 0 bridgehead atoms. The molecule has 0 spiro atoms. The highest BCUT2D eigenvalue weighted by molar-refractivity contribution is 6.31. The number of carbonyl (C=O) groups excluding carboxylic acids is 2. The van der Waals surface area contributed by atoms with Crippen molar-refractivity contribution in [2.75, 3.05) is 7.11 Å². The van der Waals surface area contributed by atoms with Crippen LogP contribution in [0.3, 0.4) is 0 Å². The summed E-state index contributed by atoms with van der Waals surface area (Å²) >= 11 is 6.01. The van der Waals surface area contributed by atoms with Crippen LogP contribution in [0.5, 0.6) is 0 Å². The van der Waals surface area contributed by atoms with E-state index < -0.39 is 5.97 Å². The molecule has 0 radical (unpaired) electrons. The minimum absolute atomic E-state index is 0.140. The van der Waals surface area contributed by atoms with Crippen molar-refractivity contribution in [3.8, 4) is 0 Å². The Kier molecular flexibility index (Phi) is 5.00. The summed E-state index contributed by atoms with van der Waals surface area (Å²) in [5.74, 6) is -0.687. The van der Waals surface area contributed by atoms with E-state index in [0.717, 1.165) is 31.5 Å². The Morgan fingerprint density at radius 3 is 2.96 bits per heavy atom. The molecule has 7 nitrogen and oxygen atoms in total. The molecule has 1 aliphatic heterocycles. The molecule has 1 aromatic carbocycles. The van der Waals surface area contributed by atoms with E-state index in [1.807, 2.05) is 4.68 Å². The number of esters is 1. The van der Waals surface area contributed by atoms with Crippen LogP contribution in [0.4, 0.5) is 0 Å². The van der Waals surface area contributed by atoms with Crippen molar-refractivity contribution in [1.82, 2.24) is 20.1 Å². The standard InChI is InChI=1S/C20H19ClN4O3/c1-28-20(27)18-16(24-25-9-3-2-4-17(18)25)11-23-19(26)14-7-8-22-15-10-12(21)5-6-13(14)15/h5-8,10H,2-4,9,11H2,1H3,(H,23,26). The van der Waals surface area contributed by atoms with Crippen LogP contribution in [0.2, 0.25) is 5.02 Å². The van der Waals surface area contributed by atoms with Gasteiger partial charge in [-0.1, -0.05) is 17.7 Å². The first kappa shape index (κ1) is 18.4. The predicted octanol–water partition coefficient (Wildman–Crippen LogP) is 3.14. The zero-order chi connectivity index (χ0) is 19.7. The molecular formula is C20H19ClN4O3. The van der Waals surface area contributed by atoms with Gasteiger partial charge in [-0.05, 0) is 37.5 Å². The number of rotatable bonds is 4. The van der Waals surface area contributed by atoms with Gasteiger partial charge in [-0.3, -0.25) is 14.5 Å². The summed E-state index contributed by atoms with van der Waals surface area (Å²) in [4.78, 5) is 29.3. The first-order valence-electron chi connectivity index (χ1n) is 9.08. The average molecular weight is 399 g/mol. The number of benzene rings is 1. The maximum atomic E-state index is 12.8. The van der Waals surface area contributed by atoms with Gasteiger partial charge in [0, 0.05) is 23.2 Å². The largest absolute Gasteiger partial charge is 0.465 e. The van der Waals surface area contributed by atoms with E-state index in [2.05, 4.69) is 15.4 Å². The smallest absolute Gasteiger partial charge is 0.341 e. The van der Waals surface area contributed by atoms with E-state index in [4.69, 9.17) is 16.3 Å². The zero-order valence-electron chi connectivity index (χ0n) is 15.4. The third kappa shape index (κ3) is 3.33. The van der Waals surface area contributed by atoms with Gasteiger partial charge in [-0.25, -0.2) is 4.79 Å². The number of hydrogen-bond acceptors (Lipinski definition) is 5. The van der Waals surface area contributed by atoms with Crippen LogP contribution in [0.15, 0.2) is 30.5 Å². The molecule has 0 atom stereocenters. The number of hydrogen-bond donors (Lipinski definition) is 1. The van der Waals surface area contributed by atoms with Gasteiger partial charge in [0.1, 0.15) is 5.56 Å². The van der Waals surface area contributed by atoms with E-state index in [1.54, 1.807) is 30.5 Å². The van der Waals surface area contributed by atoms with Crippen molar-refractivity contribution in [2.24, 2.45) is 0 Å². The highest BCUT2D eigenvalue weighted by Crippen LogP contribution is 2.24. The number of carbonyl (C=O) groups is 2. The number of aromatic nitrogens is 3. The predicted molar refractivity (Wildman–Crippen MR) is 104 cm³/mol. The molecule has 0 saturated carbocycles. The first-order chi connectivity index (χ1) is 13.6. The molecule has 1 amide bonds. The normalized spacial score (nSPS) is 13.2. The third-order valence-corrected chi connectivity index (χ3v) is 5.15. The summed E-state index contributed by atoms with van der Waals surface area (Å²) in [6, 6.07) is 6.87. The molecule has 4 rings (SSSR count). The van der Waals surface area contributed by atoms with Crippen LogP contribution in [-0.2, 0) is 24.2 Å². The number of nitrogens with zero attached hydrogens (tertiary/aromatic N) is 3. The Morgan fingerprint density at radius 2 is 2.14 bits per heavy atom. The number of halogens is 1. The molecule has 3 aromatic rings. The summed E-state index contributed by atoms with van der Waals surface area (Å²) < 4.78 is 6.78. The fourth-order valence-electron chi connectivity index (χ4n) is 3.58. The third-order valence-electron chi connectivity index (χ3n) is 4.92. The summed E-state index contributed by atoms with van der Waals surface area (Å²) in [6.07, 6.45) is 4.38. The van der Waals surface area contributed by atoms with E-state index in [1.165, 1.54) is 7.11 Å². The fraction of sp³-hybridized carbons (Fsp3) is 0.300. The second kappa shape index (κ2) is 7.59. The van der Waals surface area contributed by atoms with Gasteiger partial charge in [0.15, 0.2) is 0 Å².